The number of nitrogens with zero attached hydrogens (tertiary/aromatic N) is 3. The van der Waals surface area contributed by atoms with E-state index in [1.54, 1.807) is 18.2 Å². The molecule has 2 aromatic rings. The van der Waals surface area contributed by atoms with E-state index in [2.05, 4.69) is 10.2 Å². The second-order valence-electron chi connectivity index (χ2n) is 6.27. The van der Waals surface area contributed by atoms with E-state index >= 15 is 0 Å². The van der Waals surface area contributed by atoms with Crippen LogP contribution in [-0.2, 0) is 15.9 Å². The van der Waals surface area contributed by atoms with Gasteiger partial charge in [-0.25, -0.2) is 4.73 Å². The number of rotatable bonds is 1. The molecule has 0 fully saturated rings. The van der Waals surface area contributed by atoms with Crippen molar-refractivity contribution in [1.82, 2.24) is 10.2 Å². The molecule has 1 aromatic carbocycles. The van der Waals surface area contributed by atoms with Crippen LogP contribution in [0.3, 0.4) is 0 Å². The maximum atomic E-state index is 12.8. The maximum Gasteiger partial charge on any atom is 0.361 e. The Morgan fingerprint density at radius 2 is 1.73 bits per heavy atom. The third kappa shape index (κ3) is 2.24. The molecule has 1 aliphatic heterocycles. The van der Waals surface area contributed by atoms with Crippen molar-refractivity contribution in [3.8, 4) is 11.4 Å². The fourth-order valence-corrected chi connectivity index (χ4v) is 3.17. The lowest BCUT2D eigenvalue weighted by atomic mass is 10.0. The van der Waals surface area contributed by atoms with Gasteiger partial charge in [0.2, 0.25) is 0 Å². The predicted molar refractivity (Wildman–Crippen MR) is 83.6 cm³/mol. The molecule has 0 N–H and O–H groups in total. The molecule has 0 bridgehead atoms. The van der Waals surface area contributed by atoms with E-state index in [-0.39, 0.29) is 5.82 Å². The van der Waals surface area contributed by atoms with E-state index in [1.165, 1.54) is 0 Å². The van der Waals surface area contributed by atoms with Crippen molar-refractivity contribution in [2.45, 2.75) is 38.9 Å². The zero-order chi connectivity index (χ0) is 16.3. The highest BCUT2D eigenvalue weighted by Gasteiger charge is 2.50. The van der Waals surface area contributed by atoms with Gasteiger partial charge in [-0.1, -0.05) is 23.2 Å². The second-order valence-corrected chi connectivity index (χ2v) is 7.08. The molecule has 7 heteroatoms. The first kappa shape index (κ1) is 15.5. The Morgan fingerprint density at radius 3 is 2.36 bits per heavy atom. The minimum absolute atomic E-state index is 0.173. The average molecular weight is 340 g/mol. The SMILES string of the molecule is CC1(C)OC(C)(C)c2c1nnc(-c1ccc(Cl)c(Cl)c1)[n+]2[O-]. The molecule has 22 heavy (non-hydrogen) atoms. The Bertz CT molecular complexity index is 776. The van der Waals surface area contributed by atoms with Gasteiger partial charge < -0.3 is 9.94 Å². The van der Waals surface area contributed by atoms with Gasteiger partial charge in [-0.05, 0) is 51.0 Å². The molecule has 0 saturated carbocycles. The molecule has 0 amide bonds. The quantitative estimate of drug-likeness (QED) is 0.588. The van der Waals surface area contributed by atoms with Crippen LogP contribution in [0.25, 0.3) is 11.4 Å². The normalized spacial score (nSPS) is 18.3. The van der Waals surface area contributed by atoms with Crippen molar-refractivity contribution in [2.75, 3.05) is 0 Å². The fraction of sp³-hybridized carbons (Fsp3) is 0.400. The number of hydrogen-bond acceptors (Lipinski definition) is 4. The van der Waals surface area contributed by atoms with Gasteiger partial charge in [-0.3, -0.25) is 0 Å². The molecule has 2 heterocycles. The summed E-state index contributed by atoms with van der Waals surface area (Å²) in [7, 11) is 0. The van der Waals surface area contributed by atoms with Crippen molar-refractivity contribution in [2.24, 2.45) is 0 Å². The third-order valence-electron chi connectivity index (χ3n) is 3.69. The first-order valence-electron chi connectivity index (χ1n) is 6.80. The van der Waals surface area contributed by atoms with Crippen molar-refractivity contribution < 1.29 is 9.47 Å². The highest BCUT2D eigenvalue weighted by atomic mass is 35.5. The van der Waals surface area contributed by atoms with Crippen LogP contribution < -0.4 is 4.73 Å². The highest BCUT2D eigenvalue weighted by molar-refractivity contribution is 6.42. The summed E-state index contributed by atoms with van der Waals surface area (Å²) in [6, 6.07) is 4.91. The molecule has 1 aromatic heterocycles. The molecule has 0 spiro atoms. The van der Waals surface area contributed by atoms with Gasteiger partial charge in [0.15, 0.2) is 11.4 Å². The lowest BCUT2D eigenvalue weighted by Crippen LogP contribution is -2.42. The minimum Gasteiger partial charge on any atom is -0.710 e. The molecule has 0 saturated heterocycles. The Balaban J connectivity index is 2.23. The summed E-state index contributed by atoms with van der Waals surface area (Å²) in [6.45, 7) is 7.42. The number of halogens is 2. The molecular formula is C15H15Cl2N3O2. The van der Waals surface area contributed by atoms with Crippen LogP contribution >= 0.6 is 23.2 Å². The van der Waals surface area contributed by atoms with E-state index in [0.29, 0.717) is 27.0 Å². The van der Waals surface area contributed by atoms with Gasteiger partial charge in [0.25, 0.3) is 0 Å². The van der Waals surface area contributed by atoms with E-state index in [9.17, 15) is 5.21 Å². The minimum atomic E-state index is -0.749. The van der Waals surface area contributed by atoms with Gasteiger partial charge >= 0.3 is 5.82 Å². The van der Waals surface area contributed by atoms with Crippen LogP contribution in [-0.4, -0.2) is 10.2 Å². The van der Waals surface area contributed by atoms with Crippen molar-refractivity contribution in [3.63, 3.8) is 0 Å². The summed E-state index contributed by atoms with van der Waals surface area (Å²) in [4.78, 5) is 0. The second kappa shape index (κ2) is 4.78. The Kier molecular flexibility index (Phi) is 3.36. The highest BCUT2D eigenvalue weighted by Crippen LogP contribution is 2.43. The van der Waals surface area contributed by atoms with Gasteiger partial charge in [-0.2, -0.15) is 0 Å². The fourth-order valence-electron chi connectivity index (χ4n) is 2.87. The molecule has 0 aliphatic carbocycles. The molecule has 116 valence electrons. The number of benzene rings is 1. The van der Waals surface area contributed by atoms with Crippen LogP contribution in [0.4, 0.5) is 0 Å². The first-order chi connectivity index (χ1) is 10.1. The van der Waals surface area contributed by atoms with E-state index < -0.39 is 11.2 Å². The van der Waals surface area contributed by atoms with Crippen LogP contribution in [0.15, 0.2) is 18.2 Å². The van der Waals surface area contributed by atoms with Crippen LogP contribution in [0.5, 0.6) is 0 Å². The Labute approximate surface area is 138 Å². The molecule has 5 nitrogen and oxygen atoms in total. The largest absolute Gasteiger partial charge is 0.710 e. The standard InChI is InChI=1S/C15H15Cl2N3O2/c1-14(2)11-12(15(3,4)22-14)20(21)13(19-18-11)8-5-6-9(16)10(17)7-8/h5-7H,1-4H3. The molecule has 3 rings (SSSR count). The summed E-state index contributed by atoms with van der Waals surface area (Å²) in [5.74, 6) is 0.173. The lowest BCUT2D eigenvalue weighted by molar-refractivity contribution is -0.612. The van der Waals surface area contributed by atoms with Gasteiger partial charge in [0.05, 0.1) is 20.7 Å². The Hall–Kier alpha value is -1.43. The smallest absolute Gasteiger partial charge is 0.361 e. The zero-order valence-electron chi connectivity index (χ0n) is 12.6. The van der Waals surface area contributed by atoms with Crippen LogP contribution in [0.1, 0.15) is 39.1 Å². The Morgan fingerprint density at radius 1 is 1.05 bits per heavy atom. The number of fused-ring (bicyclic) bond motifs is 1. The lowest BCUT2D eigenvalue weighted by Gasteiger charge is -2.23. The number of ether oxygens (including phenoxy) is 1. The number of hydrogen-bond donors (Lipinski definition) is 0. The summed E-state index contributed by atoms with van der Waals surface area (Å²) >= 11 is 11.9. The summed E-state index contributed by atoms with van der Waals surface area (Å²) < 4.78 is 6.73. The van der Waals surface area contributed by atoms with Crippen LogP contribution in [0, 0.1) is 5.21 Å². The molecule has 0 radical (unpaired) electrons. The van der Waals surface area contributed by atoms with Crippen molar-refractivity contribution in [3.05, 3.63) is 44.8 Å². The zero-order valence-corrected chi connectivity index (χ0v) is 14.2. The van der Waals surface area contributed by atoms with Gasteiger partial charge in [0.1, 0.15) is 11.2 Å². The van der Waals surface area contributed by atoms with E-state index in [0.717, 1.165) is 4.73 Å². The van der Waals surface area contributed by atoms with E-state index in [1.807, 2.05) is 27.7 Å². The molecule has 1 aliphatic rings. The monoisotopic (exact) mass is 339 g/mol. The average Bonchev–Trinajstić information content (AvgIpc) is 2.59. The van der Waals surface area contributed by atoms with Gasteiger partial charge in [-0.15, -0.1) is 0 Å². The summed E-state index contributed by atoms with van der Waals surface area (Å²) in [5, 5.41) is 21.9. The first-order valence-corrected chi connectivity index (χ1v) is 7.56. The van der Waals surface area contributed by atoms with Gasteiger partial charge in [0, 0.05) is 0 Å². The predicted octanol–water partition coefficient (Wildman–Crippen LogP) is 3.58. The summed E-state index contributed by atoms with van der Waals surface area (Å²) in [6.07, 6.45) is 0. The maximum absolute atomic E-state index is 12.8. The van der Waals surface area contributed by atoms with E-state index in [4.69, 9.17) is 27.9 Å². The van der Waals surface area contributed by atoms with Crippen molar-refractivity contribution in [1.29, 1.82) is 0 Å². The third-order valence-corrected chi connectivity index (χ3v) is 4.43. The summed E-state index contributed by atoms with van der Waals surface area (Å²) in [5.41, 5.74) is 0.167. The topological polar surface area (TPSA) is 62.0 Å². The number of aromatic nitrogens is 3. The molecule has 0 unspecified atom stereocenters. The van der Waals surface area contributed by atoms with Crippen molar-refractivity contribution >= 4 is 23.2 Å². The van der Waals surface area contributed by atoms with Crippen LogP contribution in [0.2, 0.25) is 10.0 Å². The molecular weight excluding hydrogens is 325 g/mol. The molecule has 0 atom stereocenters.